The Balaban J connectivity index is 1.40. The Morgan fingerprint density at radius 1 is 0.964 bits per heavy atom. The molecular formula is C21H30N4O3. The fourth-order valence-electron chi connectivity index (χ4n) is 4.17. The van der Waals surface area contributed by atoms with Gasteiger partial charge in [0.1, 0.15) is 0 Å². The second-order valence-electron chi connectivity index (χ2n) is 7.84. The van der Waals surface area contributed by atoms with E-state index in [0.29, 0.717) is 23.8 Å². The smallest absolute Gasteiger partial charge is 0.313 e. The highest BCUT2D eigenvalue weighted by Gasteiger charge is 2.27. The van der Waals surface area contributed by atoms with Crippen molar-refractivity contribution in [1.82, 2.24) is 10.2 Å². The summed E-state index contributed by atoms with van der Waals surface area (Å²) in [6, 6.07) is 7.47. The summed E-state index contributed by atoms with van der Waals surface area (Å²) in [4.78, 5) is 38.0. The fraction of sp³-hybridized carbons (Fsp3) is 0.571. The molecule has 2 aliphatic rings. The summed E-state index contributed by atoms with van der Waals surface area (Å²) in [6.07, 6.45) is 7.48. The molecule has 0 bridgehead atoms. The molecule has 28 heavy (non-hydrogen) atoms. The van der Waals surface area contributed by atoms with E-state index in [-0.39, 0.29) is 5.91 Å². The van der Waals surface area contributed by atoms with Crippen molar-refractivity contribution in [1.29, 1.82) is 0 Å². The Bertz CT molecular complexity index is 707. The molecule has 1 aromatic carbocycles. The number of hydrogen-bond donors (Lipinski definition) is 3. The third-order valence-electron chi connectivity index (χ3n) is 5.69. The average molecular weight is 386 g/mol. The van der Waals surface area contributed by atoms with Crippen LogP contribution in [-0.4, -0.2) is 48.3 Å². The maximum atomic E-state index is 12.1. The molecule has 1 aromatic rings. The van der Waals surface area contributed by atoms with Gasteiger partial charge in [0.05, 0.1) is 0 Å². The molecular weight excluding hydrogens is 356 g/mol. The number of nitrogens with one attached hydrogen (secondary N) is 3. The number of carbonyl (C=O) groups is 3. The zero-order chi connectivity index (χ0) is 19.9. The van der Waals surface area contributed by atoms with E-state index in [0.717, 1.165) is 32.0 Å². The van der Waals surface area contributed by atoms with Crippen LogP contribution < -0.4 is 16.0 Å². The van der Waals surface area contributed by atoms with Crippen LogP contribution in [0.25, 0.3) is 0 Å². The van der Waals surface area contributed by atoms with Gasteiger partial charge in [-0.3, -0.25) is 14.4 Å². The van der Waals surface area contributed by atoms with Gasteiger partial charge in [-0.15, -0.1) is 0 Å². The van der Waals surface area contributed by atoms with Crippen molar-refractivity contribution < 1.29 is 14.4 Å². The standard InChI is InChI=1S/C21H30N4O3/c1-15(26)23-17-5-4-6-18(13-17)24-21(28)20(27)22-14-16-9-11-25(12-10-16)19-7-2-3-8-19/h4-6,13,16,19H,2-3,7-12,14H2,1H3,(H,22,27)(H,23,26)(H,24,28). The third kappa shape index (κ3) is 5.79. The number of likely N-dealkylation sites (tertiary alicyclic amines) is 1. The van der Waals surface area contributed by atoms with E-state index in [9.17, 15) is 14.4 Å². The predicted octanol–water partition coefficient (Wildman–Crippen LogP) is 2.35. The maximum absolute atomic E-state index is 12.1. The summed E-state index contributed by atoms with van der Waals surface area (Å²) in [7, 11) is 0. The van der Waals surface area contributed by atoms with E-state index in [1.807, 2.05) is 0 Å². The molecule has 3 amide bonds. The highest BCUT2D eigenvalue weighted by molar-refractivity contribution is 6.39. The number of benzene rings is 1. The van der Waals surface area contributed by atoms with Crippen molar-refractivity contribution in [3.8, 4) is 0 Å². The van der Waals surface area contributed by atoms with Gasteiger partial charge in [0.25, 0.3) is 0 Å². The molecule has 0 unspecified atom stereocenters. The van der Waals surface area contributed by atoms with Crippen LogP contribution in [0, 0.1) is 5.92 Å². The normalized spacial score (nSPS) is 18.6. The molecule has 0 radical (unpaired) electrons. The van der Waals surface area contributed by atoms with Gasteiger partial charge in [0.2, 0.25) is 5.91 Å². The first kappa shape index (κ1) is 20.3. The van der Waals surface area contributed by atoms with Crippen molar-refractivity contribution in [3.63, 3.8) is 0 Å². The Kier molecular flexibility index (Phi) is 7.03. The van der Waals surface area contributed by atoms with Crippen molar-refractivity contribution in [2.75, 3.05) is 30.3 Å². The third-order valence-corrected chi connectivity index (χ3v) is 5.69. The number of amides is 3. The molecule has 7 nitrogen and oxygen atoms in total. The van der Waals surface area contributed by atoms with E-state index < -0.39 is 11.8 Å². The molecule has 1 heterocycles. The van der Waals surface area contributed by atoms with Gasteiger partial charge >= 0.3 is 11.8 Å². The van der Waals surface area contributed by atoms with Crippen LogP contribution in [0.15, 0.2) is 24.3 Å². The van der Waals surface area contributed by atoms with Gasteiger partial charge in [-0.05, 0) is 62.9 Å². The molecule has 3 N–H and O–H groups in total. The minimum atomic E-state index is -0.691. The first-order chi connectivity index (χ1) is 13.5. The first-order valence-corrected chi connectivity index (χ1v) is 10.2. The van der Waals surface area contributed by atoms with E-state index >= 15 is 0 Å². The van der Waals surface area contributed by atoms with Crippen LogP contribution in [0.2, 0.25) is 0 Å². The molecule has 7 heteroatoms. The Hall–Kier alpha value is -2.41. The molecule has 1 saturated heterocycles. The molecule has 2 fully saturated rings. The largest absolute Gasteiger partial charge is 0.348 e. The van der Waals surface area contributed by atoms with Crippen LogP contribution in [0.5, 0.6) is 0 Å². The first-order valence-electron chi connectivity index (χ1n) is 10.2. The maximum Gasteiger partial charge on any atom is 0.313 e. The fourth-order valence-corrected chi connectivity index (χ4v) is 4.17. The molecule has 1 saturated carbocycles. The predicted molar refractivity (Wildman–Crippen MR) is 109 cm³/mol. The van der Waals surface area contributed by atoms with Gasteiger partial charge in [0, 0.05) is 30.9 Å². The lowest BCUT2D eigenvalue weighted by molar-refractivity contribution is -0.136. The number of piperidine rings is 1. The monoisotopic (exact) mass is 386 g/mol. The van der Waals surface area contributed by atoms with Crippen LogP contribution in [-0.2, 0) is 14.4 Å². The average Bonchev–Trinajstić information content (AvgIpc) is 3.21. The van der Waals surface area contributed by atoms with Crippen LogP contribution in [0.3, 0.4) is 0 Å². The number of hydrogen-bond acceptors (Lipinski definition) is 4. The second kappa shape index (κ2) is 9.68. The lowest BCUT2D eigenvalue weighted by atomic mass is 9.95. The van der Waals surface area contributed by atoms with Gasteiger partial charge in [-0.25, -0.2) is 0 Å². The van der Waals surface area contributed by atoms with Gasteiger partial charge < -0.3 is 20.9 Å². The van der Waals surface area contributed by atoms with Crippen molar-refractivity contribution in [2.45, 2.75) is 51.5 Å². The SMILES string of the molecule is CC(=O)Nc1cccc(NC(=O)C(=O)NCC2CCN(C3CCCC3)CC2)c1. The molecule has 3 rings (SSSR count). The van der Waals surface area contributed by atoms with Gasteiger partial charge in [-0.1, -0.05) is 18.9 Å². The van der Waals surface area contributed by atoms with E-state index in [1.165, 1.54) is 32.6 Å². The summed E-state index contributed by atoms with van der Waals surface area (Å²) < 4.78 is 0. The zero-order valence-electron chi connectivity index (χ0n) is 16.5. The summed E-state index contributed by atoms with van der Waals surface area (Å²) in [6.45, 7) is 4.13. The van der Waals surface area contributed by atoms with Crippen molar-refractivity contribution in [2.24, 2.45) is 5.92 Å². The lowest BCUT2D eigenvalue weighted by Crippen LogP contribution is -2.44. The number of carbonyl (C=O) groups excluding carboxylic acids is 3. The quantitative estimate of drug-likeness (QED) is 0.678. The summed E-state index contributed by atoms with van der Waals surface area (Å²) in [5, 5.41) is 7.99. The van der Waals surface area contributed by atoms with Gasteiger partial charge in [0.15, 0.2) is 0 Å². The molecule has 0 spiro atoms. The van der Waals surface area contributed by atoms with Crippen LogP contribution >= 0.6 is 0 Å². The van der Waals surface area contributed by atoms with Crippen molar-refractivity contribution in [3.05, 3.63) is 24.3 Å². The van der Waals surface area contributed by atoms with Crippen LogP contribution in [0.1, 0.15) is 45.4 Å². The highest BCUT2D eigenvalue weighted by Crippen LogP contribution is 2.27. The van der Waals surface area contributed by atoms with E-state index in [4.69, 9.17) is 0 Å². The molecule has 0 atom stereocenters. The van der Waals surface area contributed by atoms with Gasteiger partial charge in [-0.2, -0.15) is 0 Å². The number of rotatable bonds is 5. The minimum Gasteiger partial charge on any atom is -0.348 e. The Morgan fingerprint density at radius 3 is 2.25 bits per heavy atom. The summed E-state index contributed by atoms with van der Waals surface area (Å²) in [5.41, 5.74) is 1.04. The second-order valence-corrected chi connectivity index (χ2v) is 7.84. The molecule has 1 aliphatic carbocycles. The minimum absolute atomic E-state index is 0.194. The molecule has 0 aromatic heterocycles. The molecule has 152 valence electrons. The summed E-state index contributed by atoms with van der Waals surface area (Å²) in [5.74, 6) is -1.08. The van der Waals surface area contributed by atoms with Crippen molar-refractivity contribution >= 4 is 29.1 Å². The zero-order valence-corrected chi connectivity index (χ0v) is 16.5. The Labute approximate surface area is 166 Å². The number of nitrogens with zero attached hydrogens (tertiary/aromatic N) is 1. The Morgan fingerprint density at radius 2 is 1.61 bits per heavy atom. The topological polar surface area (TPSA) is 90.5 Å². The molecule has 1 aliphatic heterocycles. The van der Waals surface area contributed by atoms with E-state index in [2.05, 4.69) is 20.9 Å². The highest BCUT2D eigenvalue weighted by atomic mass is 16.2. The van der Waals surface area contributed by atoms with E-state index in [1.54, 1.807) is 24.3 Å². The van der Waals surface area contributed by atoms with Crippen LogP contribution in [0.4, 0.5) is 11.4 Å². The summed E-state index contributed by atoms with van der Waals surface area (Å²) >= 11 is 0. The lowest BCUT2D eigenvalue weighted by Gasteiger charge is -2.36. The number of anilines is 2.